The molecule has 2 rings (SSSR count). The first-order chi connectivity index (χ1) is 10.3. The van der Waals surface area contributed by atoms with Gasteiger partial charge in [0.05, 0.1) is 0 Å². The first-order valence-electron chi connectivity index (χ1n) is 6.63. The molecule has 0 spiro atoms. The number of phenols is 2. The van der Waals surface area contributed by atoms with Gasteiger partial charge in [-0.3, -0.25) is 9.79 Å². The zero-order valence-corrected chi connectivity index (χ0v) is 13.0. The Kier molecular flexibility index (Phi) is 6.92. The van der Waals surface area contributed by atoms with E-state index < -0.39 is 7.82 Å². The van der Waals surface area contributed by atoms with Gasteiger partial charge in [-0.2, -0.15) is 0 Å². The lowest BCUT2D eigenvalue weighted by Crippen LogP contribution is -1.88. The zero-order chi connectivity index (χ0) is 16.6. The molecule has 22 heavy (non-hydrogen) atoms. The van der Waals surface area contributed by atoms with Gasteiger partial charge >= 0.3 is 7.82 Å². The van der Waals surface area contributed by atoms with E-state index >= 15 is 0 Å². The summed E-state index contributed by atoms with van der Waals surface area (Å²) < 4.78 is 14.5. The highest BCUT2D eigenvalue weighted by Gasteiger charge is 2.14. The molecule has 0 saturated heterocycles. The summed E-state index contributed by atoms with van der Waals surface area (Å²) in [6.07, 6.45) is 1.78. The first-order valence-corrected chi connectivity index (χ1v) is 8.16. The fourth-order valence-corrected chi connectivity index (χ4v) is 2.06. The number of phenolic OH excluding ortho intramolecular Hbond substituents is 2. The SMILES string of the molecule is CCCc1cccc(O)c1O.O=P(O)(O)Oc1ccccc1. The molecule has 2 aromatic rings. The predicted molar refractivity (Wildman–Crippen MR) is 82.9 cm³/mol. The molecule has 0 radical (unpaired) electrons. The highest BCUT2D eigenvalue weighted by Crippen LogP contribution is 2.37. The number of para-hydroxylation sites is 2. The van der Waals surface area contributed by atoms with Crippen molar-refractivity contribution in [2.45, 2.75) is 19.8 Å². The minimum Gasteiger partial charge on any atom is -0.504 e. The third-order valence-corrected chi connectivity index (χ3v) is 3.03. The van der Waals surface area contributed by atoms with Crippen molar-refractivity contribution in [1.82, 2.24) is 0 Å². The van der Waals surface area contributed by atoms with E-state index in [1.54, 1.807) is 24.3 Å². The molecule has 4 N–H and O–H groups in total. The minimum absolute atomic E-state index is 0.0225. The zero-order valence-electron chi connectivity index (χ0n) is 12.1. The highest BCUT2D eigenvalue weighted by atomic mass is 31.2. The van der Waals surface area contributed by atoms with Gasteiger partial charge in [-0.1, -0.05) is 43.7 Å². The van der Waals surface area contributed by atoms with Crippen LogP contribution in [0.2, 0.25) is 0 Å². The van der Waals surface area contributed by atoms with Crippen molar-refractivity contribution in [1.29, 1.82) is 0 Å². The molecule has 0 heterocycles. The van der Waals surface area contributed by atoms with Crippen LogP contribution >= 0.6 is 7.82 Å². The normalized spacial score (nSPS) is 10.5. The summed E-state index contributed by atoms with van der Waals surface area (Å²) in [5.41, 5.74) is 0.813. The minimum atomic E-state index is -4.39. The van der Waals surface area contributed by atoms with E-state index in [4.69, 9.17) is 14.9 Å². The number of phosphoric acid groups is 1. The summed E-state index contributed by atoms with van der Waals surface area (Å²) >= 11 is 0. The van der Waals surface area contributed by atoms with E-state index in [2.05, 4.69) is 4.52 Å². The van der Waals surface area contributed by atoms with Gasteiger partial charge in [0, 0.05) is 0 Å². The Balaban J connectivity index is 0.000000220. The molecule has 0 aromatic heterocycles. The number of hydrogen-bond donors (Lipinski definition) is 4. The second-order valence-corrected chi connectivity index (χ2v) is 5.59. The van der Waals surface area contributed by atoms with Crippen molar-refractivity contribution in [3.8, 4) is 17.2 Å². The van der Waals surface area contributed by atoms with Crippen molar-refractivity contribution >= 4 is 7.82 Å². The summed E-state index contributed by atoms with van der Waals surface area (Å²) in [5, 5.41) is 18.4. The van der Waals surface area contributed by atoms with Crippen LogP contribution in [0.1, 0.15) is 18.9 Å². The van der Waals surface area contributed by atoms with Crippen LogP contribution in [-0.4, -0.2) is 20.0 Å². The topological polar surface area (TPSA) is 107 Å². The second kappa shape index (κ2) is 8.44. The Morgan fingerprint density at radius 2 is 1.64 bits per heavy atom. The smallest absolute Gasteiger partial charge is 0.504 e. The molecule has 0 saturated carbocycles. The second-order valence-electron chi connectivity index (χ2n) is 4.43. The van der Waals surface area contributed by atoms with Crippen LogP contribution in [0.25, 0.3) is 0 Å². The molecule has 7 heteroatoms. The number of aromatic hydroxyl groups is 2. The Morgan fingerprint density at radius 3 is 2.18 bits per heavy atom. The Hall–Kier alpha value is -2.01. The van der Waals surface area contributed by atoms with Crippen LogP contribution in [-0.2, 0) is 11.0 Å². The molecule has 0 aliphatic carbocycles. The maximum Gasteiger partial charge on any atom is 0.524 e. The molecule has 2 aromatic carbocycles. The van der Waals surface area contributed by atoms with Gasteiger partial charge in [-0.05, 0) is 30.2 Å². The van der Waals surface area contributed by atoms with Crippen molar-refractivity contribution in [3.63, 3.8) is 0 Å². The number of benzene rings is 2. The van der Waals surface area contributed by atoms with E-state index in [0.717, 1.165) is 18.4 Å². The molecule has 6 nitrogen and oxygen atoms in total. The fraction of sp³-hybridized carbons (Fsp3) is 0.200. The number of rotatable bonds is 4. The summed E-state index contributed by atoms with van der Waals surface area (Å²) in [7, 11) is -4.39. The quantitative estimate of drug-likeness (QED) is 0.508. The van der Waals surface area contributed by atoms with Crippen LogP contribution in [0.15, 0.2) is 48.5 Å². The third-order valence-electron chi connectivity index (χ3n) is 2.59. The lowest BCUT2D eigenvalue weighted by atomic mass is 10.1. The van der Waals surface area contributed by atoms with Gasteiger partial charge in [0.1, 0.15) is 5.75 Å². The number of phosphoric ester groups is 1. The summed E-state index contributed by atoms with van der Waals surface area (Å²) in [5.74, 6) is 0.158. The average Bonchev–Trinajstić information content (AvgIpc) is 2.44. The van der Waals surface area contributed by atoms with E-state index in [1.165, 1.54) is 18.2 Å². The maximum absolute atomic E-state index is 10.3. The first kappa shape index (κ1) is 18.0. The average molecular weight is 326 g/mol. The summed E-state index contributed by atoms with van der Waals surface area (Å²) in [6.45, 7) is 2.03. The van der Waals surface area contributed by atoms with E-state index in [1.807, 2.05) is 13.0 Å². The maximum atomic E-state index is 10.3. The standard InChI is InChI=1S/C9H12O2.C6H7O4P/c1-2-4-7-5-3-6-8(10)9(7)11;7-11(8,9)10-6-4-2-1-3-5-6/h3,5-6,10-11H,2,4H2,1H3;1-5H,(H2,7,8,9). The summed E-state index contributed by atoms with van der Waals surface area (Å²) in [4.78, 5) is 16.7. The van der Waals surface area contributed by atoms with Crippen molar-refractivity contribution in [3.05, 3.63) is 54.1 Å². The monoisotopic (exact) mass is 326 g/mol. The van der Waals surface area contributed by atoms with Crippen molar-refractivity contribution in [2.75, 3.05) is 0 Å². The van der Waals surface area contributed by atoms with E-state index in [9.17, 15) is 9.67 Å². The van der Waals surface area contributed by atoms with Crippen LogP contribution in [0.3, 0.4) is 0 Å². The van der Waals surface area contributed by atoms with Gasteiger partial charge in [0.15, 0.2) is 11.5 Å². The lowest BCUT2D eigenvalue weighted by Gasteiger charge is -2.04. The van der Waals surface area contributed by atoms with Crippen LogP contribution in [0, 0.1) is 0 Å². The molecule has 0 aliphatic rings. The van der Waals surface area contributed by atoms with Crippen LogP contribution in [0.5, 0.6) is 17.2 Å². The predicted octanol–water partition coefficient (Wildman–Crippen LogP) is 3.21. The third kappa shape index (κ3) is 6.63. The Bertz CT molecular complexity index is 623. The van der Waals surface area contributed by atoms with Crippen LogP contribution < -0.4 is 4.52 Å². The van der Waals surface area contributed by atoms with Gasteiger partial charge < -0.3 is 14.7 Å². The fourth-order valence-electron chi connectivity index (χ4n) is 1.67. The van der Waals surface area contributed by atoms with Gasteiger partial charge in [0.2, 0.25) is 0 Å². The molecule has 0 atom stereocenters. The largest absolute Gasteiger partial charge is 0.524 e. The molecule has 0 bridgehead atoms. The van der Waals surface area contributed by atoms with Gasteiger partial charge in [0.25, 0.3) is 0 Å². The Morgan fingerprint density at radius 1 is 1.00 bits per heavy atom. The Labute approximate surface area is 128 Å². The van der Waals surface area contributed by atoms with Crippen molar-refractivity contribution < 1.29 is 29.1 Å². The van der Waals surface area contributed by atoms with Crippen LogP contribution in [0.4, 0.5) is 0 Å². The van der Waals surface area contributed by atoms with E-state index in [-0.39, 0.29) is 17.2 Å². The summed E-state index contributed by atoms with van der Waals surface area (Å²) in [6, 6.07) is 13.0. The number of hydrogen-bond acceptors (Lipinski definition) is 4. The molecule has 0 amide bonds. The molecule has 0 fully saturated rings. The van der Waals surface area contributed by atoms with E-state index in [0.29, 0.717) is 0 Å². The lowest BCUT2D eigenvalue weighted by molar-refractivity contribution is 0.283. The van der Waals surface area contributed by atoms with Gasteiger partial charge in [-0.25, -0.2) is 4.57 Å². The van der Waals surface area contributed by atoms with Crippen molar-refractivity contribution in [2.24, 2.45) is 0 Å². The highest BCUT2D eigenvalue weighted by molar-refractivity contribution is 7.46. The molecule has 120 valence electrons. The molecular weight excluding hydrogens is 307 g/mol. The van der Waals surface area contributed by atoms with Gasteiger partial charge in [-0.15, -0.1) is 0 Å². The number of aryl methyl sites for hydroxylation is 1. The molecule has 0 unspecified atom stereocenters. The molecular formula is C15H19O6P. The molecule has 0 aliphatic heterocycles.